The number of carbonyl (C=O) groups excluding carboxylic acids is 2. The summed E-state index contributed by atoms with van der Waals surface area (Å²) in [6.45, 7) is 11.6. The van der Waals surface area contributed by atoms with Gasteiger partial charge in [0, 0.05) is 52.1 Å². The van der Waals surface area contributed by atoms with Crippen molar-refractivity contribution in [2.45, 2.75) is 40.0 Å². The van der Waals surface area contributed by atoms with Gasteiger partial charge in [-0.1, -0.05) is 13.8 Å². The van der Waals surface area contributed by atoms with Crippen molar-refractivity contribution in [1.82, 2.24) is 15.1 Å². The van der Waals surface area contributed by atoms with Crippen LogP contribution in [0.2, 0.25) is 0 Å². The Morgan fingerprint density at radius 1 is 1.09 bits per heavy atom. The summed E-state index contributed by atoms with van der Waals surface area (Å²) in [5.41, 5.74) is 0. The number of rotatable bonds is 4. The number of hydrogen-bond acceptors (Lipinski definition) is 3. The zero-order chi connectivity index (χ0) is 16.1. The highest BCUT2D eigenvalue weighted by Crippen LogP contribution is 2.20. The van der Waals surface area contributed by atoms with Crippen LogP contribution >= 0.6 is 0 Å². The van der Waals surface area contributed by atoms with E-state index in [-0.39, 0.29) is 17.7 Å². The maximum Gasteiger partial charge on any atom is 0.223 e. The highest BCUT2D eigenvalue weighted by Gasteiger charge is 2.26. The standard InChI is InChI=1S/C17H31N3O2/c1-13-10-14(2)12-19(11-13)9-6-18-17(22)16-4-7-20(8-5-16)15(3)21/h13-14,16H,4-12H2,1-3H3,(H,18,22). The second-order valence-electron chi connectivity index (χ2n) is 7.28. The third-order valence-corrected chi connectivity index (χ3v) is 4.98. The van der Waals surface area contributed by atoms with Crippen molar-refractivity contribution < 1.29 is 9.59 Å². The van der Waals surface area contributed by atoms with E-state index in [0.29, 0.717) is 13.1 Å². The number of nitrogens with zero attached hydrogens (tertiary/aromatic N) is 2. The van der Waals surface area contributed by atoms with Gasteiger partial charge in [-0.05, 0) is 31.1 Å². The fourth-order valence-corrected chi connectivity index (χ4v) is 3.91. The van der Waals surface area contributed by atoms with Crippen molar-refractivity contribution in [1.29, 1.82) is 0 Å². The van der Waals surface area contributed by atoms with Crippen LogP contribution in [0.1, 0.15) is 40.0 Å². The molecule has 0 spiro atoms. The molecular weight excluding hydrogens is 278 g/mol. The van der Waals surface area contributed by atoms with Crippen LogP contribution in [0.15, 0.2) is 0 Å². The summed E-state index contributed by atoms with van der Waals surface area (Å²) in [4.78, 5) is 27.8. The highest BCUT2D eigenvalue weighted by molar-refractivity contribution is 5.79. The van der Waals surface area contributed by atoms with Gasteiger partial charge in [0.25, 0.3) is 0 Å². The molecule has 2 atom stereocenters. The Bertz CT molecular complexity index is 381. The molecule has 0 radical (unpaired) electrons. The first-order chi connectivity index (χ1) is 10.5. The number of piperidine rings is 2. The molecule has 22 heavy (non-hydrogen) atoms. The highest BCUT2D eigenvalue weighted by atomic mass is 16.2. The monoisotopic (exact) mass is 309 g/mol. The second-order valence-corrected chi connectivity index (χ2v) is 7.28. The molecule has 0 saturated carbocycles. The van der Waals surface area contributed by atoms with E-state index in [4.69, 9.17) is 0 Å². The van der Waals surface area contributed by atoms with Crippen molar-refractivity contribution in [2.75, 3.05) is 39.3 Å². The van der Waals surface area contributed by atoms with Gasteiger partial charge < -0.3 is 15.1 Å². The molecule has 2 aliphatic heterocycles. The second kappa shape index (κ2) is 7.95. The molecule has 2 rings (SSSR count). The number of likely N-dealkylation sites (tertiary alicyclic amines) is 2. The average molecular weight is 309 g/mol. The molecule has 2 amide bonds. The molecule has 126 valence electrons. The van der Waals surface area contributed by atoms with Crippen molar-refractivity contribution in [3.8, 4) is 0 Å². The molecule has 2 heterocycles. The van der Waals surface area contributed by atoms with Gasteiger partial charge in [-0.15, -0.1) is 0 Å². The smallest absolute Gasteiger partial charge is 0.223 e. The average Bonchev–Trinajstić information content (AvgIpc) is 2.46. The predicted molar refractivity (Wildman–Crippen MR) is 87.4 cm³/mol. The summed E-state index contributed by atoms with van der Waals surface area (Å²) < 4.78 is 0. The molecule has 2 aliphatic rings. The van der Waals surface area contributed by atoms with Crippen molar-refractivity contribution in [3.63, 3.8) is 0 Å². The Morgan fingerprint density at radius 3 is 2.23 bits per heavy atom. The third kappa shape index (κ3) is 4.97. The lowest BCUT2D eigenvalue weighted by molar-refractivity contribution is -0.133. The minimum atomic E-state index is 0.0785. The van der Waals surface area contributed by atoms with E-state index in [1.54, 1.807) is 6.92 Å². The maximum atomic E-state index is 12.2. The molecule has 2 saturated heterocycles. The Kier molecular flexibility index (Phi) is 6.24. The van der Waals surface area contributed by atoms with E-state index in [0.717, 1.165) is 50.9 Å². The van der Waals surface area contributed by atoms with Crippen LogP contribution < -0.4 is 5.32 Å². The van der Waals surface area contributed by atoms with Crippen LogP contribution in [0.4, 0.5) is 0 Å². The summed E-state index contributed by atoms with van der Waals surface area (Å²) in [5, 5.41) is 3.09. The van der Waals surface area contributed by atoms with Crippen LogP contribution in [0.25, 0.3) is 0 Å². The maximum absolute atomic E-state index is 12.2. The largest absolute Gasteiger partial charge is 0.355 e. The summed E-state index contributed by atoms with van der Waals surface area (Å²) in [5.74, 6) is 1.88. The van der Waals surface area contributed by atoms with E-state index >= 15 is 0 Å². The first-order valence-corrected chi connectivity index (χ1v) is 8.71. The number of amides is 2. The Labute approximate surface area is 134 Å². The molecule has 2 fully saturated rings. The minimum absolute atomic E-state index is 0.0785. The lowest BCUT2D eigenvalue weighted by atomic mass is 9.92. The van der Waals surface area contributed by atoms with E-state index in [2.05, 4.69) is 24.1 Å². The Morgan fingerprint density at radius 2 is 1.68 bits per heavy atom. The zero-order valence-electron chi connectivity index (χ0n) is 14.3. The molecule has 5 heteroatoms. The molecule has 0 aliphatic carbocycles. The van der Waals surface area contributed by atoms with Gasteiger partial charge >= 0.3 is 0 Å². The summed E-state index contributed by atoms with van der Waals surface area (Å²) in [6, 6.07) is 0. The fraction of sp³-hybridized carbons (Fsp3) is 0.882. The van der Waals surface area contributed by atoms with Gasteiger partial charge in [-0.3, -0.25) is 9.59 Å². The molecule has 5 nitrogen and oxygen atoms in total. The summed E-state index contributed by atoms with van der Waals surface area (Å²) in [7, 11) is 0. The van der Waals surface area contributed by atoms with Crippen LogP contribution in [0.5, 0.6) is 0 Å². The Balaban J connectivity index is 1.65. The molecule has 1 N–H and O–H groups in total. The summed E-state index contributed by atoms with van der Waals surface area (Å²) >= 11 is 0. The number of hydrogen-bond donors (Lipinski definition) is 1. The van der Waals surface area contributed by atoms with E-state index < -0.39 is 0 Å². The van der Waals surface area contributed by atoms with Gasteiger partial charge in [0.2, 0.25) is 11.8 Å². The molecule has 0 aromatic carbocycles. The van der Waals surface area contributed by atoms with Gasteiger partial charge in [0.15, 0.2) is 0 Å². The predicted octanol–water partition coefficient (Wildman–Crippen LogP) is 1.34. The fourth-order valence-electron chi connectivity index (χ4n) is 3.91. The molecule has 2 unspecified atom stereocenters. The topological polar surface area (TPSA) is 52.7 Å². The van der Waals surface area contributed by atoms with Crippen molar-refractivity contribution >= 4 is 11.8 Å². The van der Waals surface area contributed by atoms with Gasteiger partial charge in [0.05, 0.1) is 0 Å². The van der Waals surface area contributed by atoms with Crippen LogP contribution in [0, 0.1) is 17.8 Å². The zero-order valence-corrected chi connectivity index (χ0v) is 14.3. The molecular formula is C17H31N3O2. The van der Waals surface area contributed by atoms with E-state index in [1.165, 1.54) is 6.42 Å². The number of nitrogens with one attached hydrogen (secondary N) is 1. The third-order valence-electron chi connectivity index (χ3n) is 4.98. The van der Waals surface area contributed by atoms with Crippen molar-refractivity contribution in [2.24, 2.45) is 17.8 Å². The first-order valence-electron chi connectivity index (χ1n) is 8.71. The van der Waals surface area contributed by atoms with E-state index in [1.807, 2.05) is 4.90 Å². The SMILES string of the molecule is CC(=O)N1CCC(C(=O)NCCN2CC(C)CC(C)C2)CC1. The van der Waals surface area contributed by atoms with Crippen molar-refractivity contribution in [3.05, 3.63) is 0 Å². The first kappa shape index (κ1) is 17.3. The van der Waals surface area contributed by atoms with Gasteiger partial charge in [-0.25, -0.2) is 0 Å². The normalized spacial score (nSPS) is 27.7. The van der Waals surface area contributed by atoms with Crippen LogP contribution in [0.3, 0.4) is 0 Å². The van der Waals surface area contributed by atoms with Crippen LogP contribution in [-0.2, 0) is 9.59 Å². The summed E-state index contributed by atoms with van der Waals surface area (Å²) in [6.07, 6.45) is 2.91. The Hall–Kier alpha value is -1.10. The minimum Gasteiger partial charge on any atom is -0.355 e. The van der Waals surface area contributed by atoms with Gasteiger partial charge in [-0.2, -0.15) is 0 Å². The van der Waals surface area contributed by atoms with Crippen LogP contribution in [-0.4, -0.2) is 60.9 Å². The number of carbonyl (C=O) groups is 2. The lowest BCUT2D eigenvalue weighted by Gasteiger charge is -2.35. The van der Waals surface area contributed by atoms with E-state index in [9.17, 15) is 9.59 Å². The molecule has 0 aromatic heterocycles. The molecule has 0 aromatic rings. The quantitative estimate of drug-likeness (QED) is 0.852. The molecule has 0 bridgehead atoms. The van der Waals surface area contributed by atoms with Gasteiger partial charge in [0.1, 0.15) is 0 Å². The lowest BCUT2D eigenvalue weighted by Crippen LogP contribution is -2.45.